The van der Waals surface area contributed by atoms with E-state index in [0.29, 0.717) is 36.0 Å². The van der Waals surface area contributed by atoms with Crippen molar-refractivity contribution in [1.29, 1.82) is 0 Å². The quantitative estimate of drug-likeness (QED) is 0.695. The van der Waals surface area contributed by atoms with Gasteiger partial charge in [-0.3, -0.25) is 4.79 Å². The van der Waals surface area contributed by atoms with Gasteiger partial charge in [0.1, 0.15) is 29.1 Å². The lowest BCUT2D eigenvalue weighted by atomic mass is 10.1. The van der Waals surface area contributed by atoms with E-state index in [9.17, 15) is 9.18 Å². The molecule has 1 atom stereocenters. The first-order valence-corrected chi connectivity index (χ1v) is 9.70. The van der Waals surface area contributed by atoms with E-state index in [4.69, 9.17) is 4.74 Å². The Morgan fingerprint density at radius 3 is 2.60 bits per heavy atom. The first-order chi connectivity index (χ1) is 14.4. The van der Waals surface area contributed by atoms with Gasteiger partial charge in [-0.05, 0) is 50.1 Å². The van der Waals surface area contributed by atoms with Crippen molar-refractivity contribution >= 4 is 17.4 Å². The fraction of sp³-hybridized carbons (Fsp3) is 0.273. The summed E-state index contributed by atoms with van der Waals surface area (Å²) in [6, 6.07) is 9.23. The van der Waals surface area contributed by atoms with Gasteiger partial charge >= 0.3 is 0 Å². The van der Waals surface area contributed by atoms with Crippen LogP contribution >= 0.6 is 0 Å². The number of anilines is 2. The molecule has 0 bridgehead atoms. The SMILES string of the molecule is Cc1nc(CCc2ccc(Oc3ccc(F)cc3)nc2)nc2c1NC(=O)[C@H](C)N2C. The van der Waals surface area contributed by atoms with Crippen molar-refractivity contribution in [3.63, 3.8) is 0 Å². The lowest BCUT2D eigenvalue weighted by Crippen LogP contribution is -2.45. The Kier molecular flexibility index (Phi) is 5.31. The number of hydrogen-bond acceptors (Lipinski definition) is 6. The van der Waals surface area contributed by atoms with Crippen LogP contribution in [0.15, 0.2) is 42.6 Å². The molecule has 0 fully saturated rings. The van der Waals surface area contributed by atoms with Gasteiger partial charge < -0.3 is 15.0 Å². The van der Waals surface area contributed by atoms with Gasteiger partial charge in [0.05, 0.1) is 5.69 Å². The average Bonchev–Trinajstić information content (AvgIpc) is 2.74. The average molecular weight is 407 g/mol. The molecule has 3 aromatic rings. The van der Waals surface area contributed by atoms with Gasteiger partial charge in [-0.15, -0.1) is 0 Å². The summed E-state index contributed by atoms with van der Waals surface area (Å²) in [5.74, 6) is 2.06. The Morgan fingerprint density at radius 1 is 1.13 bits per heavy atom. The van der Waals surface area contributed by atoms with Gasteiger partial charge in [-0.25, -0.2) is 19.3 Å². The predicted molar refractivity (Wildman–Crippen MR) is 111 cm³/mol. The molecule has 0 aliphatic carbocycles. The standard InChI is InChI=1S/C22H22FN5O2/c1-13-20-21(28(3)14(2)22(29)27-20)26-18(25-13)10-4-15-5-11-19(24-12-15)30-17-8-6-16(23)7-9-17/h5-9,11-12,14H,4,10H2,1-3H3,(H,27,29)/t14-/m0/s1. The first kappa shape index (κ1) is 19.8. The fourth-order valence-corrected chi connectivity index (χ4v) is 3.21. The number of carbonyl (C=O) groups excluding carboxylic acids is 1. The molecule has 1 aliphatic rings. The molecule has 8 heteroatoms. The number of aromatic nitrogens is 3. The summed E-state index contributed by atoms with van der Waals surface area (Å²) in [4.78, 5) is 27.4. The Hall–Kier alpha value is -3.55. The normalized spacial score (nSPS) is 15.5. The van der Waals surface area contributed by atoms with E-state index in [-0.39, 0.29) is 17.8 Å². The maximum absolute atomic E-state index is 13.0. The van der Waals surface area contributed by atoms with Crippen LogP contribution in [0.4, 0.5) is 15.9 Å². The number of halogens is 1. The molecule has 154 valence electrons. The number of nitrogens with one attached hydrogen (secondary N) is 1. The molecule has 1 N–H and O–H groups in total. The maximum atomic E-state index is 13.0. The number of nitrogens with zero attached hydrogens (tertiary/aromatic N) is 4. The Morgan fingerprint density at radius 2 is 1.90 bits per heavy atom. The van der Waals surface area contributed by atoms with Crippen LogP contribution in [-0.2, 0) is 17.6 Å². The second-order valence-corrected chi connectivity index (χ2v) is 7.26. The largest absolute Gasteiger partial charge is 0.439 e. The number of pyridine rings is 1. The maximum Gasteiger partial charge on any atom is 0.246 e. The van der Waals surface area contributed by atoms with Crippen LogP contribution in [0.2, 0.25) is 0 Å². The van der Waals surface area contributed by atoms with Crippen molar-refractivity contribution in [2.45, 2.75) is 32.7 Å². The zero-order valence-electron chi connectivity index (χ0n) is 17.0. The number of amides is 1. The number of likely N-dealkylation sites (N-methyl/N-ethyl adjacent to an activating group) is 1. The summed E-state index contributed by atoms with van der Waals surface area (Å²) < 4.78 is 18.6. The molecule has 0 radical (unpaired) electrons. The number of rotatable bonds is 5. The smallest absolute Gasteiger partial charge is 0.246 e. The van der Waals surface area contributed by atoms with Gasteiger partial charge in [0.15, 0.2) is 5.82 Å². The highest BCUT2D eigenvalue weighted by Crippen LogP contribution is 2.31. The van der Waals surface area contributed by atoms with Gasteiger partial charge in [0.25, 0.3) is 0 Å². The molecule has 0 unspecified atom stereocenters. The Balaban J connectivity index is 1.43. The van der Waals surface area contributed by atoms with Crippen LogP contribution < -0.4 is 15.0 Å². The molecule has 1 aliphatic heterocycles. The summed E-state index contributed by atoms with van der Waals surface area (Å²) in [7, 11) is 1.86. The third kappa shape index (κ3) is 4.07. The zero-order chi connectivity index (χ0) is 21.3. The molecule has 30 heavy (non-hydrogen) atoms. The highest BCUT2D eigenvalue weighted by atomic mass is 19.1. The molecular weight excluding hydrogens is 385 g/mol. The fourth-order valence-electron chi connectivity index (χ4n) is 3.21. The minimum absolute atomic E-state index is 0.0570. The van der Waals surface area contributed by atoms with Crippen molar-refractivity contribution < 1.29 is 13.9 Å². The molecule has 1 aromatic carbocycles. The number of carbonyl (C=O) groups is 1. The Labute approximate surface area is 174 Å². The highest BCUT2D eigenvalue weighted by Gasteiger charge is 2.30. The van der Waals surface area contributed by atoms with Gasteiger partial charge in [0.2, 0.25) is 11.8 Å². The molecule has 4 rings (SSSR count). The second kappa shape index (κ2) is 8.06. The van der Waals surface area contributed by atoms with E-state index in [0.717, 1.165) is 17.1 Å². The summed E-state index contributed by atoms with van der Waals surface area (Å²) >= 11 is 0. The lowest BCUT2D eigenvalue weighted by Gasteiger charge is -2.32. The van der Waals surface area contributed by atoms with Gasteiger partial charge in [-0.1, -0.05) is 6.07 Å². The van der Waals surface area contributed by atoms with Crippen LogP contribution in [0, 0.1) is 12.7 Å². The van der Waals surface area contributed by atoms with Crippen molar-refractivity contribution in [2.75, 3.05) is 17.3 Å². The van der Waals surface area contributed by atoms with Crippen LogP contribution in [0.5, 0.6) is 11.6 Å². The second-order valence-electron chi connectivity index (χ2n) is 7.26. The molecule has 0 saturated carbocycles. The summed E-state index contributed by atoms with van der Waals surface area (Å²) in [6.07, 6.45) is 3.11. The van der Waals surface area contributed by atoms with E-state index >= 15 is 0 Å². The minimum atomic E-state index is -0.312. The highest BCUT2D eigenvalue weighted by molar-refractivity contribution is 6.02. The number of aryl methyl sites for hydroxylation is 3. The van der Waals surface area contributed by atoms with E-state index in [2.05, 4.69) is 20.3 Å². The van der Waals surface area contributed by atoms with Crippen LogP contribution in [0.3, 0.4) is 0 Å². The molecule has 3 heterocycles. The topological polar surface area (TPSA) is 80.2 Å². The Bertz CT molecular complexity index is 1070. The number of benzene rings is 1. The van der Waals surface area contributed by atoms with E-state index in [1.165, 1.54) is 12.1 Å². The number of hydrogen-bond donors (Lipinski definition) is 1. The number of fused-ring (bicyclic) bond motifs is 1. The van der Waals surface area contributed by atoms with Crippen molar-refractivity contribution in [3.05, 3.63) is 65.5 Å². The van der Waals surface area contributed by atoms with E-state index < -0.39 is 0 Å². The molecule has 1 amide bonds. The van der Waals surface area contributed by atoms with Crippen LogP contribution in [0.25, 0.3) is 0 Å². The van der Waals surface area contributed by atoms with E-state index in [1.807, 2.05) is 31.9 Å². The zero-order valence-corrected chi connectivity index (χ0v) is 17.0. The van der Waals surface area contributed by atoms with Crippen molar-refractivity contribution in [3.8, 4) is 11.6 Å². The first-order valence-electron chi connectivity index (χ1n) is 9.70. The minimum Gasteiger partial charge on any atom is -0.439 e. The number of ether oxygens (including phenoxy) is 1. The monoisotopic (exact) mass is 407 g/mol. The van der Waals surface area contributed by atoms with Crippen molar-refractivity contribution in [1.82, 2.24) is 15.0 Å². The molecule has 0 spiro atoms. The van der Waals surface area contributed by atoms with E-state index in [1.54, 1.807) is 24.4 Å². The van der Waals surface area contributed by atoms with Gasteiger partial charge in [0, 0.05) is 25.7 Å². The molecule has 7 nitrogen and oxygen atoms in total. The molecular formula is C22H22FN5O2. The summed E-state index contributed by atoms with van der Waals surface area (Å²) in [6.45, 7) is 3.72. The van der Waals surface area contributed by atoms with Crippen LogP contribution in [-0.4, -0.2) is 33.9 Å². The molecule has 2 aromatic heterocycles. The molecule has 0 saturated heterocycles. The van der Waals surface area contributed by atoms with Gasteiger partial charge in [-0.2, -0.15) is 0 Å². The third-order valence-corrected chi connectivity index (χ3v) is 5.13. The van der Waals surface area contributed by atoms with Crippen molar-refractivity contribution in [2.24, 2.45) is 0 Å². The third-order valence-electron chi connectivity index (χ3n) is 5.13. The predicted octanol–water partition coefficient (Wildman–Crippen LogP) is 3.67. The lowest BCUT2D eigenvalue weighted by molar-refractivity contribution is -0.117. The van der Waals surface area contributed by atoms with Crippen LogP contribution in [0.1, 0.15) is 24.0 Å². The summed E-state index contributed by atoms with van der Waals surface area (Å²) in [5.41, 5.74) is 2.45. The summed E-state index contributed by atoms with van der Waals surface area (Å²) in [5, 5.41) is 2.89.